The highest BCUT2D eigenvalue weighted by Crippen LogP contribution is 2.34. The van der Waals surface area contributed by atoms with E-state index in [2.05, 4.69) is 26.9 Å². The first-order valence-corrected chi connectivity index (χ1v) is 11.0. The van der Waals surface area contributed by atoms with E-state index >= 15 is 0 Å². The van der Waals surface area contributed by atoms with Crippen LogP contribution in [0.1, 0.15) is 32.6 Å². The van der Waals surface area contributed by atoms with Gasteiger partial charge in [-0.15, -0.1) is 0 Å². The second-order valence-corrected chi connectivity index (χ2v) is 8.37. The van der Waals surface area contributed by atoms with E-state index in [1.165, 1.54) is 32.2 Å². The minimum atomic E-state index is 0.368. The average Bonchev–Trinajstić information content (AvgIpc) is 3.61. The van der Waals surface area contributed by atoms with Gasteiger partial charge in [0.05, 0.1) is 12.2 Å². The molecule has 0 unspecified atom stereocenters. The lowest BCUT2D eigenvalue weighted by Crippen LogP contribution is -2.52. The molecule has 1 aromatic carbocycles. The molecule has 2 saturated carbocycles. The van der Waals surface area contributed by atoms with Crippen LogP contribution in [-0.4, -0.2) is 79.3 Å². The summed E-state index contributed by atoms with van der Waals surface area (Å²) >= 11 is 0. The Morgan fingerprint density at radius 1 is 1.14 bits per heavy atom. The molecule has 1 heterocycles. The van der Waals surface area contributed by atoms with E-state index in [9.17, 15) is 5.11 Å². The van der Waals surface area contributed by atoms with Gasteiger partial charge in [0.25, 0.3) is 0 Å². The van der Waals surface area contributed by atoms with Gasteiger partial charge in [0, 0.05) is 51.9 Å². The molecule has 0 spiro atoms. The number of nitrogens with zero attached hydrogens (tertiary/aromatic N) is 4. The summed E-state index contributed by atoms with van der Waals surface area (Å²) < 4.78 is 0. The summed E-state index contributed by atoms with van der Waals surface area (Å²) in [4.78, 5) is 12.3. The van der Waals surface area contributed by atoms with E-state index in [1.807, 2.05) is 18.2 Å². The third-order valence-electron chi connectivity index (χ3n) is 6.04. The molecule has 1 saturated heterocycles. The molecule has 2 aliphatic carbocycles. The summed E-state index contributed by atoms with van der Waals surface area (Å²) in [5.74, 6) is 2.37. The predicted molar refractivity (Wildman–Crippen MR) is 115 cm³/mol. The number of piperazine rings is 1. The van der Waals surface area contributed by atoms with E-state index < -0.39 is 0 Å². The fraction of sp³-hybridized carbons (Fsp3) is 0.682. The molecular weight excluding hydrogens is 350 g/mol. The highest BCUT2D eigenvalue weighted by atomic mass is 16.3. The number of aliphatic imine (C=N–C) groups is 1. The van der Waals surface area contributed by atoms with Crippen molar-refractivity contribution in [1.82, 2.24) is 15.1 Å². The van der Waals surface area contributed by atoms with Crippen molar-refractivity contribution in [3.05, 3.63) is 24.3 Å². The van der Waals surface area contributed by atoms with Gasteiger partial charge in [-0.1, -0.05) is 12.1 Å². The van der Waals surface area contributed by atoms with Crippen molar-refractivity contribution in [2.75, 3.05) is 57.3 Å². The van der Waals surface area contributed by atoms with Crippen molar-refractivity contribution in [3.63, 3.8) is 0 Å². The summed E-state index contributed by atoms with van der Waals surface area (Å²) in [6.07, 6.45) is 5.61. The number of guanidine groups is 1. The number of phenolic OH excluding ortho intramolecular Hbond substituents is 1. The lowest BCUT2D eigenvalue weighted by Gasteiger charge is -2.38. The van der Waals surface area contributed by atoms with Gasteiger partial charge in [-0.05, 0) is 50.7 Å². The second kappa shape index (κ2) is 9.03. The van der Waals surface area contributed by atoms with Crippen LogP contribution >= 0.6 is 0 Å². The third-order valence-corrected chi connectivity index (χ3v) is 6.04. The standard InChI is InChI=1S/C22H35N5O/c1-2-23-22(24-11-12-27(19-9-10-19)17-18-7-8-18)26-15-13-25(14-16-26)20-5-3-4-6-21(20)28/h3-6,18-19,28H,2,7-17H2,1H3,(H,23,24). The van der Waals surface area contributed by atoms with Crippen LogP contribution in [0.5, 0.6) is 5.75 Å². The van der Waals surface area contributed by atoms with Crippen LogP contribution in [-0.2, 0) is 0 Å². The first-order valence-electron chi connectivity index (χ1n) is 11.0. The smallest absolute Gasteiger partial charge is 0.194 e. The maximum atomic E-state index is 10.1. The first kappa shape index (κ1) is 19.4. The monoisotopic (exact) mass is 385 g/mol. The molecule has 3 aliphatic rings. The molecule has 2 N–H and O–H groups in total. The molecule has 0 radical (unpaired) electrons. The second-order valence-electron chi connectivity index (χ2n) is 8.37. The molecule has 6 heteroatoms. The molecule has 0 amide bonds. The Bertz CT molecular complexity index is 663. The molecule has 1 aliphatic heterocycles. The Labute approximate surface area is 169 Å². The van der Waals surface area contributed by atoms with Crippen molar-refractivity contribution in [2.45, 2.75) is 38.6 Å². The van der Waals surface area contributed by atoms with E-state index in [0.29, 0.717) is 5.75 Å². The number of anilines is 1. The van der Waals surface area contributed by atoms with Crippen molar-refractivity contribution in [2.24, 2.45) is 10.9 Å². The summed E-state index contributed by atoms with van der Waals surface area (Å²) in [6, 6.07) is 8.46. The van der Waals surface area contributed by atoms with Gasteiger partial charge in [0.1, 0.15) is 5.75 Å². The van der Waals surface area contributed by atoms with E-state index in [1.54, 1.807) is 6.07 Å². The van der Waals surface area contributed by atoms with E-state index in [0.717, 1.165) is 69.4 Å². The number of para-hydroxylation sites is 2. The van der Waals surface area contributed by atoms with Gasteiger partial charge in [0.2, 0.25) is 0 Å². The highest BCUT2D eigenvalue weighted by Gasteiger charge is 2.33. The van der Waals surface area contributed by atoms with Crippen LogP contribution in [0.25, 0.3) is 0 Å². The summed E-state index contributed by atoms with van der Waals surface area (Å²) in [5.41, 5.74) is 0.934. The summed E-state index contributed by atoms with van der Waals surface area (Å²) in [6.45, 7) is 9.94. The Balaban J connectivity index is 1.30. The third kappa shape index (κ3) is 5.10. The topological polar surface area (TPSA) is 54.3 Å². The number of nitrogens with one attached hydrogen (secondary N) is 1. The van der Waals surface area contributed by atoms with Gasteiger partial charge in [-0.2, -0.15) is 0 Å². The number of hydrogen-bond acceptors (Lipinski definition) is 4. The van der Waals surface area contributed by atoms with Crippen LogP contribution in [0, 0.1) is 5.92 Å². The first-order chi connectivity index (χ1) is 13.7. The van der Waals surface area contributed by atoms with Crippen molar-refractivity contribution < 1.29 is 5.11 Å². The Morgan fingerprint density at radius 3 is 2.54 bits per heavy atom. The molecule has 0 atom stereocenters. The van der Waals surface area contributed by atoms with Gasteiger partial charge < -0.3 is 20.2 Å². The molecule has 28 heavy (non-hydrogen) atoms. The average molecular weight is 386 g/mol. The Kier molecular flexibility index (Phi) is 6.25. The number of phenols is 1. The summed E-state index contributed by atoms with van der Waals surface area (Å²) in [5, 5.41) is 13.6. The van der Waals surface area contributed by atoms with Gasteiger partial charge in [-0.25, -0.2) is 0 Å². The van der Waals surface area contributed by atoms with Crippen LogP contribution < -0.4 is 10.2 Å². The Hall–Kier alpha value is -1.95. The molecule has 0 aromatic heterocycles. The fourth-order valence-corrected chi connectivity index (χ4v) is 4.10. The zero-order valence-electron chi connectivity index (χ0n) is 17.2. The minimum absolute atomic E-state index is 0.368. The zero-order valence-corrected chi connectivity index (χ0v) is 17.2. The van der Waals surface area contributed by atoms with Gasteiger partial charge in [0.15, 0.2) is 5.96 Å². The quantitative estimate of drug-likeness (QED) is 0.531. The van der Waals surface area contributed by atoms with Crippen LogP contribution in [0.15, 0.2) is 29.3 Å². The Morgan fingerprint density at radius 2 is 1.89 bits per heavy atom. The zero-order chi connectivity index (χ0) is 19.3. The van der Waals surface area contributed by atoms with Crippen molar-refractivity contribution in [3.8, 4) is 5.75 Å². The predicted octanol–water partition coefficient (Wildman–Crippen LogP) is 2.35. The van der Waals surface area contributed by atoms with Crippen LogP contribution in [0.2, 0.25) is 0 Å². The number of aromatic hydroxyl groups is 1. The lowest BCUT2D eigenvalue weighted by molar-refractivity contribution is 0.259. The molecule has 1 aromatic rings. The maximum Gasteiger partial charge on any atom is 0.194 e. The fourth-order valence-electron chi connectivity index (χ4n) is 4.10. The lowest BCUT2D eigenvalue weighted by atomic mass is 10.2. The van der Waals surface area contributed by atoms with Crippen LogP contribution in [0.4, 0.5) is 5.69 Å². The highest BCUT2D eigenvalue weighted by molar-refractivity contribution is 5.80. The van der Waals surface area contributed by atoms with Crippen molar-refractivity contribution in [1.29, 1.82) is 0 Å². The number of hydrogen-bond donors (Lipinski definition) is 2. The maximum absolute atomic E-state index is 10.1. The van der Waals surface area contributed by atoms with Crippen molar-refractivity contribution >= 4 is 11.6 Å². The number of benzene rings is 1. The SMILES string of the molecule is CCNC(=NCCN(CC1CC1)C1CC1)N1CCN(c2ccccc2O)CC1. The molecule has 6 nitrogen and oxygen atoms in total. The number of rotatable bonds is 8. The molecule has 4 rings (SSSR count). The normalized spacial score (nSPS) is 20.7. The van der Waals surface area contributed by atoms with Gasteiger partial charge in [-0.3, -0.25) is 9.89 Å². The van der Waals surface area contributed by atoms with Crippen LogP contribution in [0.3, 0.4) is 0 Å². The minimum Gasteiger partial charge on any atom is -0.506 e. The molecule has 0 bridgehead atoms. The van der Waals surface area contributed by atoms with E-state index in [4.69, 9.17) is 4.99 Å². The largest absolute Gasteiger partial charge is 0.506 e. The summed E-state index contributed by atoms with van der Waals surface area (Å²) in [7, 11) is 0. The molecule has 3 fully saturated rings. The van der Waals surface area contributed by atoms with E-state index in [-0.39, 0.29) is 0 Å². The molecular formula is C22H35N5O. The molecule has 154 valence electrons. The van der Waals surface area contributed by atoms with Gasteiger partial charge >= 0.3 is 0 Å².